The number of carboxylic acid groups (broad SMARTS) is 1. The molecular weight excluding hydrogens is 156 g/mol. The third kappa shape index (κ3) is 0.958. The molecule has 0 aromatic heterocycles. The standard InChI is InChI=1S/C9H12O3/c10-7-3-1-2-6-4-9(6,7)5-8(11)12/h6H,1-5H2,(H,11,12). The molecule has 2 aliphatic carbocycles. The summed E-state index contributed by atoms with van der Waals surface area (Å²) in [6.45, 7) is 0. The molecular formula is C9H12O3. The van der Waals surface area contributed by atoms with Gasteiger partial charge in [0.25, 0.3) is 0 Å². The molecule has 2 atom stereocenters. The van der Waals surface area contributed by atoms with Crippen molar-refractivity contribution in [3.8, 4) is 0 Å². The second-order valence-corrected chi connectivity index (χ2v) is 3.94. The van der Waals surface area contributed by atoms with Crippen molar-refractivity contribution in [2.24, 2.45) is 11.3 Å². The summed E-state index contributed by atoms with van der Waals surface area (Å²) in [6, 6.07) is 0. The van der Waals surface area contributed by atoms with E-state index in [0.29, 0.717) is 12.3 Å². The summed E-state index contributed by atoms with van der Waals surface area (Å²) in [7, 11) is 0. The minimum Gasteiger partial charge on any atom is -0.481 e. The van der Waals surface area contributed by atoms with Crippen molar-refractivity contribution in [3.63, 3.8) is 0 Å². The van der Waals surface area contributed by atoms with Gasteiger partial charge < -0.3 is 5.11 Å². The van der Waals surface area contributed by atoms with Gasteiger partial charge >= 0.3 is 5.97 Å². The molecule has 2 fully saturated rings. The lowest BCUT2D eigenvalue weighted by Gasteiger charge is -2.18. The molecule has 0 heterocycles. The first kappa shape index (κ1) is 7.77. The van der Waals surface area contributed by atoms with Crippen LogP contribution in [0.25, 0.3) is 0 Å². The Morgan fingerprint density at radius 3 is 3.00 bits per heavy atom. The largest absolute Gasteiger partial charge is 0.481 e. The number of hydrogen-bond acceptors (Lipinski definition) is 2. The third-order valence-corrected chi connectivity index (χ3v) is 3.21. The summed E-state index contributed by atoms with van der Waals surface area (Å²) in [4.78, 5) is 21.9. The topological polar surface area (TPSA) is 54.4 Å². The van der Waals surface area contributed by atoms with Gasteiger partial charge in [0, 0.05) is 11.8 Å². The molecule has 0 radical (unpaired) electrons. The Kier molecular flexibility index (Phi) is 1.50. The highest BCUT2D eigenvalue weighted by molar-refractivity contribution is 5.92. The van der Waals surface area contributed by atoms with Crippen molar-refractivity contribution in [1.82, 2.24) is 0 Å². The average Bonchev–Trinajstić information content (AvgIpc) is 2.63. The normalized spacial score (nSPS) is 39.0. The van der Waals surface area contributed by atoms with E-state index < -0.39 is 11.4 Å². The number of carbonyl (C=O) groups is 2. The van der Waals surface area contributed by atoms with Gasteiger partial charge in [-0.25, -0.2) is 0 Å². The van der Waals surface area contributed by atoms with E-state index in [-0.39, 0.29) is 12.2 Å². The van der Waals surface area contributed by atoms with E-state index in [0.717, 1.165) is 19.3 Å². The van der Waals surface area contributed by atoms with Crippen LogP contribution in [0.2, 0.25) is 0 Å². The number of fused-ring (bicyclic) bond motifs is 1. The summed E-state index contributed by atoms with van der Waals surface area (Å²) in [5.74, 6) is -0.233. The zero-order chi connectivity index (χ0) is 8.77. The number of Topliss-reactive ketones (excluding diaryl/α,β-unsaturated/α-hetero) is 1. The van der Waals surface area contributed by atoms with Crippen molar-refractivity contribution < 1.29 is 14.7 Å². The van der Waals surface area contributed by atoms with Gasteiger partial charge in [-0.05, 0) is 25.2 Å². The van der Waals surface area contributed by atoms with Crippen LogP contribution in [0.5, 0.6) is 0 Å². The van der Waals surface area contributed by atoms with Crippen LogP contribution in [0.3, 0.4) is 0 Å². The molecule has 0 aliphatic heterocycles. The highest BCUT2D eigenvalue weighted by Gasteiger charge is 2.61. The summed E-state index contributed by atoms with van der Waals surface area (Å²) in [5, 5.41) is 8.62. The molecule has 3 heteroatoms. The van der Waals surface area contributed by atoms with Crippen LogP contribution < -0.4 is 0 Å². The first-order chi connectivity index (χ1) is 5.65. The number of aliphatic carboxylic acids is 1. The molecule has 0 saturated heterocycles. The van der Waals surface area contributed by atoms with Crippen LogP contribution in [0, 0.1) is 11.3 Å². The highest BCUT2D eigenvalue weighted by Crippen LogP contribution is 2.61. The summed E-state index contributed by atoms with van der Waals surface area (Å²) in [6.07, 6.45) is 3.52. The van der Waals surface area contributed by atoms with Crippen LogP contribution >= 0.6 is 0 Å². The van der Waals surface area contributed by atoms with Crippen molar-refractivity contribution in [2.75, 3.05) is 0 Å². The van der Waals surface area contributed by atoms with Crippen molar-refractivity contribution in [3.05, 3.63) is 0 Å². The Hall–Kier alpha value is -0.860. The Morgan fingerprint density at radius 2 is 2.42 bits per heavy atom. The van der Waals surface area contributed by atoms with Crippen molar-refractivity contribution >= 4 is 11.8 Å². The SMILES string of the molecule is O=C(O)CC12CC1CCCC2=O. The molecule has 2 aliphatic rings. The van der Waals surface area contributed by atoms with Crippen molar-refractivity contribution in [2.45, 2.75) is 32.1 Å². The van der Waals surface area contributed by atoms with E-state index in [1.807, 2.05) is 0 Å². The maximum absolute atomic E-state index is 11.4. The number of hydrogen-bond donors (Lipinski definition) is 1. The zero-order valence-electron chi connectivity index (χ0n) is 6.88. The van der Waals surface area contributed by atoms with Gasteiger partial charge in [-0.15, -0.1) is 0 Å². The molecule has 0 amide bonds. The quantitative estimate of drug-likeness (QED) is 0.674. The molecule has 2 rings (SSSR count). The molecule has 0 aromatic carbocycles. The molecule has 3 nitrogen and oxygen atoms in total. The Bertz CT molecular complexity index is 246. The monoisotopic (exact) mass is 168 g/mol. The first-order valence-corrected chi connectivity index (χ1v) is 4.40. The molecule has 2 unspecified atom stereocenters. The van der Waals surface area contributed by atoms with Gasteiger partial charge in [-0.1, -0.05) is 0 Å². The van der Waals surface area contributed by atoms with E-state index >= 15 is 0 Å². The lowest BCUT2D eigenvalue weighted by molar-refractivity contribution is -0.142. The van der Waals surface area contributed by atoms with Gasteiger partial charge in [0.05, 0.1) is 6.42 Å². The predicted molar refractivity (Wildman–Crippen MR) is 41.7 cm³/mol. The highest BCUT2D eigenvalue weighted by atomic mass is 16.4. The summed E-state index contributed by atoms with van der Waals surface area (Å²) in [5.41, 5.74) is -0.413. The Balaban J connectivity index is 2.11. The summed E-state index contributed by atoms with van der Waals surface area (Å²) < 4.78 is 0. The van der Waals surface area contributed by atoms with E-state index in [2.05, 4.69) is 0 Å². The van der Waals surface area contributed by atoms with Gasteiger partial charge in [0.2, 0.25) is 0 Å². The lowest BCUT2D eigenvalue weighted by atomic mass is 9.85. The maximum atomic E-state index is 11.4. The summed E-state index contributed by atoms with van der Waals surface area (Å²) >= 11 is 0. The Morgan fingerprint density at radius 1 is 1.67 bits per heavy atom. The molecule has 1 N–H and O–H groups in total. The molecule has 66 valence electrons. The zero-order valence-corrected chi connectivity index (χ0v) is 6.88. The van der Waals surface area contributed by atoms with Crippen LogP contribution in [0.1, 0.15) is 32.1 Å². The average molecular weight is 168 g/mol. The van der Waals surface area contributed by atoms with Crippen LogP contribution in [0.15, 0.2) is 0 Å². The van der Waals surface area contributed by atoms with E-state index in [1.165, 1.54) is 0 Å². The second kappa shape index (κ2) is 2.31. The number of ketones is 1. The Labute approximate surface area is 70.8 Å². The predicted octanol–water partition coefficient (Wildman–Crippen LogP) is 1.22. The van der Waals surface area contributed by atoms with E-state index in [4.69, 9.17) is 5.11 Å². The molecule has 12 heavy (non-hydrogen) atoms. The van der Waals surface area contributed by atoms with Gasteiger partial charge in [-0.2, -0.15) is 0 Å². The smallest absolute Gasteiger partial charge is 0.304 e. The number of carbonyl (C=O) groups excluding carboxylic acids is 1. The molecule has 0 spiro atoms. The fourth-order valence-corrected chi connectivity index (χ4v) is 2.44. The third-order valence-electron chi connectivity index (χ3n) is 3.21. The van der Waals surface area contributed by atoms with E-state index in [9.17, 15) is 9.59 Å². The fraction of sp³-hybridized carbons (Fsp3) is 0.778. The molecule has 0 bridgehead atoms. The van der Waals surface area contributed by atoms with Crippen LogP contribution in [0.4, 0.5) is 0 Å². The van der Waals surface area contributed by atoms with Gasteiger partial charge in [0.1, 0.15) is 5.78 Å². The van der Waals surface area contributed by atoms with Crippen LogP contribution in [-0.2, 0) is 9.59 Å². The molecule has 0 aromatic rings. The van der Waals surface area contributed by atoms with Crippen molar-refractivity contribution in [1.29, 1.82) is 0 Å². The minimum atomic E-state index is -0.826. The van der Waals surface area contributed by atoms with Gasteiger partial charge in [0.15, 0.2) is 0 Å². The molecule has 2 saturated carbocycles. The fourth-order valence-electron chi connectivity index (χ4n) is 2.44. The van der Waals surface area contributed by atoms with Gasteiger partial charge in [-0.3, -0.25) is 9.59 Å². The second-order valence-electron chi connectivity index (χ2n) is 3.94. The minimum absolute atomic E-state index is 0.0660. The van der Waals surface area contributed by atoms with E-state index in [1.54, 1.807) is 0 Å². The maximum Gasteiger partial charge on any atom is 0.304 e. The number of rotatable bonds is 2. The first-order valence-electron chi connectivity index (χ1n) is 4.40. The van der Waals surface area contributed by atoms with Crippen LogP contribution in [-0.4, -0.2) is 16.9 Å². The number of carboxylic acids is 1. The lowest BCUT2D eigenvalue weighted by Crippen LogP contribution is -2.24.